The van der Waals surface area contributed by atoms with Crippen LogP contribution in [0.2, 0.25) is 0 Å². The minimum atomic E-state index is -0.926. The molecule has 1 unspecified atom stereocenters. The summed E-state index contributed by atoms with van der Waals surface area (Å²) in [5.74, 6) is 0. The van der Waals surface area contributed by atoms with E-state index in [-0.39, 0.29) is 6.10 Å². The Morgan fingerprint density at radius 1 is 1.32 bits per heavy atom. The molecule has 5 nitrogen and oxygen atoms in total. The van der Waals surface area contributed by atoms with Gasteiger partial charge in [-0.1, -0.05) is 24.3 Å². The molecule has 0 radical (unpaired) electrons. The second-order valence-electron chi connectivity index (χ2n) is 5.82. The highest BCUT2D eigenvalue weighted by Gasteiger charge is 2.16. The van der Waals surface area contributed by atoms with Crippen LogP contribution in [-0.2, 0) is 11.3 Å². The predicted octanol–water partition coefficient (Wildman–Crippen LogP) is 4.55. The number of nitrogens with zero attached hydrogens (tertiary/aromatic N) is 2. The molecule has 0 aliphatic heterocycles. The zero-order valence-corrected chi connectivity index (χ0v) is 14.8. The number of hydrogen-bond acceptors (Lipinski definition) is 4. The molecule has 0 aliphatic carbocycles. The number of rotatable bonds is 7. The summed E-state index contributed by atoms with van der Waals surface area (Å²) >= 11 is 1.63. The van der Waals surface area contributed by atoms with Crippen LogP contribution in [-0.4, -0.2) is 34.7 Å². The molecule has 25 heavy (non-hydrogen) atoms. The van der Waals surface area contributed by atoms with Gasteiger partial charge in [0.05, 0.1) is 12.7 Å². The molecule has 1 aromatic carbocycles. The standard InChI is InChI=1S/C19H20N2O3S/c1-21(19(22)23)10-8-17(18-6-3-11-25-18)24-13-15-5-2-4-14-7-9-20-12-16(14)15/h2-7,9,11-12,17H,8,10,13H2,1H3,(H,22,23). The SMILES string of the molecule is CN(CCC(OCc1cccc2ccncc12)c1cccs1)C(=O)O. The van der Waals surface area contributed by atoms with Crippen molar-refractivity contribution >= 4 is 28.2 Å². The number of hydrogen-bond donors (Lipinski definition) is 1. The number of carbonyl (C=O) groups is 1. The number of amides is 1. The van der Waals surface area contributed by atoms with Crippen LogP contribution in [0.15, 0.2) is 54.2 Å². The summed E-state index contributed by atoms with van der Waals surface area (Å²) in [5, 5.41) is 13.3. The fourth-order valence-corrected chi connectivity index (χ4v) is 3.49. The lowest BCUT2D eigenvalue weighted by Gasteiger charge is -2.20. The largest absolute Gasteiger partial charge is 0.465 e. The Morgan fingerprint density at radius 3 is 2.96 bits per heavy atom. The maximum Gasteiger partial charge on any atom is 0.407 e. The first-order valence-corrected chi connectivity index (χ1v) is 8.94. The summed E-state index contributed by atoms with van der Waals surface area (Å²) in [6.07, 6.45) is 3.20. The second-order valence-corrected chi connectivity index (χ2v) is 6.80. The molecule has 2 heterocycles. The van der Waals surface area contributed by atoms with Gasteiger partial charge in [0.25, 0.3) is 0 Å². The predicted molar refractivity (Wildman–Crippen MR) is 98.9 cm³/mol. The Bertz CT molecular complexity index is 830. The summed E-state index contributed by atoms with van der Waals surface area (Å²) in [6, 6.07) is 12.1. The fourth-order valence-electron chi connectivity index (χ4n) is 2.68. The number of aromatic nitrogens is 1. The molecule has 3 aromatic rings. The van der Waals surface area contributed by atoms with E-state index >= 15 is 0 Å². The van der Waals surface area contributed by atoms with Gasteiger partial charge in [0.1, 0.15) is 0 Å². The van der Waals surface area contributed by atoms with Gasteiger partial charge in [0, 0.05) is 36.2 Å². The van der Waals surface area contributed by atoms with E-state index in [9.17, 15) is 4.79 Å². The number of carboxylic acid groups (broad SMARTS) is 1. The van der Waals surface area contributed by atoms with Crippen LogP contribution >= 0.6 is 11.3 Å². The topological polar surface area (TPSA) is 62.7 Å². The summed E-state index contributed by atoms with van der Waals surface area (Å²) < 4.78 is 6.17. The van der Waals surface area contributed by atoms with Crippen LogP contribution in [0, 0.1) is 0 Å². The van der Waals surface area contributed by atoms with Gasteiger partial charge in [-0.3, -0.25) is 4.98 Å². The second kappa shape index (κ2) is 8.09. The Morgan fingerprint density at radius 2 is 2.20 bits per heavy atom. The number of fused-ring (bicyclic) bond motifs is 1. The van der Waals surface area contributed by atoms with E-state index in [4.69, 9.17) is 9.84 Å². The minimum Gasteiger partial charge on any atom is -0.465 e. The van der Waals surface area contributed by atoms with Crippen LogP contribution in [0.4, 0.5) is 4.79 Å². The van der Waals surface area contributed by atoms with Gasteiger partial charge < -0.3 is 14.7 Å². The zero-order chi connectivity index (χ0) is 17.6. The van der Waals surface area contributed by atoms with E-state index in [1.54, 1.807) is 24.6 Å². The highest BCUT2D eigenvalue weighted by molar-refractivity contribution is 7.10. The van der Waals surface area contributed by atoms with E-state index in [0.29, 0.717) is 19.6 Å². The van der Waals surface area contributed by atoms with E-state index in [1.165, 1.54) is 4.90 Å². The van der Waals surface area contributed by atoms with Gasteiger partial charge in [-0.2, -0.15) is 0 Å². The van der Waals surface area contributed by atoms with Crippen molar-refractivity contribution in [1.29, 1.82) is 0 Å². The van der Waals surface area contributed by atoms with E-state index in [1.807, 2.05) is 41.9 Å². The van der Waals surface area contributed by atoms with Gasteiger partial charge in [-0.25, -0.2) is 4.79 Å². The zero-order valence-electron chi connectivity index (χ0n) is 14.0. The molecule has 0 saturated carbocycles. The van der Waals surface area contributed by atoms with Gasteiger partial charge in [0.2, 0.25) is 0 Å². The molecular formula is C19H20N2O3S. The average Bonchev–Trinajstić information content (AvgIpc) is 3.16. The first kappa shape index (κ1) is 17.4. The molecule has 6 heteroatoms. The van der Waals surface area contributed by atoms with Crippen LogP contribution in [0.5, 0.6) is 0 Å². The van der Waals surface area contributed by atoms with Gasteiger partial charge in [0.15, 0.2) is 0 Å². The van der Waals surface area contributed by atoms with Crippen molar-refractivity contribution < 1.29 is 14.6 Å². The van der Waals surface area contributed by atoms with Gasteiger partial charge in [-0.05, 0) is 34.9 Å². The number of ether oxygens (including phenoxy) is 1. The van der Waals surface area contributed by atoms with E-state index in [2.05, 4.69) is 11.1 Å². The highest BCUT2D eigenvalue weighted by atomic mass is 32.1. The Hall–Kier alpha value is -2.44. The van der Waals surface area contributed by atoms with E-state index < -0.39 is 6.09 Å². The minimum absolute atomic E-state index is 0.131. The maximum absolute atomic E-state index is 11.0. The molecule has 0 fully saturated rings. The van der Waals surface area contributed by atoms with Crippen molar-refractivity contribution in [3.05, 3.63) is 64.6 Å². The van der Waals surface area contributed by atoms with Gasteiger partial charge >= 0.3 is 6.09 Å². The summed E-state index contributed by atoms with van der Waals surface area (Å²) in [4.78, 5) is 17.6. The molecular weight excluding hydrogens is 336 g/mol. The smallest absolute Gasteiger partial charge is 0.407 e. The Balaban J connectivity index is 1.73. The van der Waals surface area contributed by atoms with Crippen molar-refractivity contribution in [2.75, 3.05) is 13.6 Å². The summed E-state index contributed by atoms with van der Waals surface area (Å²) in [6.45, 7) is 0.886. The van der Waals surface area contributed by atoms with Crippen LogP contribution in [0.25, 0.3) is 10.8 Å². The van der Waals surface area contributed by atoms with Crippen molar-refractivity contribution in [2.24, 2.45) is 0 Å². The third-order valence-corrected chi connectivity index (χ3v) is 5.09. The maximum atomic E-state index is 11.0. The highest BCUT2D eigenvalue weighted by Crippen LogP contribution is 2.28. The number of pyridine rings is 1. The third kappa shape index (κ3) is 4.35. The summed E-state index contributed by atoms with van der Waals surface area (Å²) in [5.41, 5.74) is 1.08. The average molecular weight is 356 g/mol. The molecule has 0 bridgehead atoms. The summed E-state index contributed by atoms with van der Waals surface area (Å²) in [7, 11) is 1.57. The molecule has 1 N–H and O–H groups in total. The number of thiophene rings is 1. The molecule has 1 amide bonds. The lowest BCUT2D eigenvalue weighted by molar-refractivity contribution is 0.0316. The third-order valence-electron chi connectivity index (χ3n) is 4.13. The van der Waals surface area contributed by atoms with Crippen LogP contribution in [0.1, 0.15) is 23.0 Å². The fraction of sp³-hybridized carbons (Fsp3) is 0.263. The van der Waals surface area contributed by atoms with Gasteiger partial charge in [-0.15, -0.1) is 11.3 Å². The Kier molecular flexibility index (Phi) is 5.63. The lowest BCUT2D eigenvalue weighted by atomic mass is 10.1. The van der Waals surface area contributed by atoms with Crippen molar-refractivity contribution in [2.45, 2.75) is 19.1 Å². The normalized spacial score (nSPS) is 12.2. The molecule has 0 saturated heterocycles. The molecule has 130 valence electrons. The molecule has 3 rings (SSSR count). The van der Waals surface area contributed by atoms with Crippen LogP contribution < -0.4 is 0 Å². The lowest BCUT2D eigenvalue weighted by Crippen LogP contribution is -2.27. The quantitative estimate of drug-likeness (QED) is 0.674. The van der Waals surface area contributed by atoms with Crippen LogP contribution in [0.3, 0.4) is 0 Å². The first-order valence-electron chi connectivity index (χ1n) is 8.06. The molecule has 0 aliphatic rings. The van der Waals surface area contributed by atoms with E-state index in [0.717, 1.165) is 21.2 Å². The molecule has 2 aromatic heterocycles. The van der Waals surface area contributed by atoms with Crippen molar-refractivity contribution in [3.8, 4) is 0 Å². The first-order chi connectivity index (χ1) is 12.1. The molecule has 1 atom stereocenters. The van der Waals surface area contributed by atoms with Crippen molar-refractivity contribution in [1.82, 2.24) is 9.88 Å². The number of benzene rings is 1. The Labute approximate surface area is 150 Å². The monoisotopic (exact) mass is 356 g/mol. The van der Waals surface area contributed by atoms with Crippen molar-refractivity contribution in [3.63, 3.8) is 0 Å². The molecule has 0 spiro atoms.